The van der Waals surface area contributed by atoms with Crippen molar-refractivity contribution in [2.24, 2.45) is 0 Å². The van der Waals surface area contributed by atoms with Gasteiger partial charge in [-0.25, -0.2) is 4.68 Å². The third-order valence-corrected chi connectivity index (χ3v) is 3.50. The van der Waals surface area contributed by atoms with Crippen LogP contribution >= 0.6 is 27.5 Å². The zero-order valence-corrected chi connectivity index (χ0v) is 12.9. The van der Waals surface area contributed by atoms with Gasteiger partial charge in [0, 0.05) is 12.4 Å². The number of nitrogens with one attached hydrogen (secondary N) is 1. The number of amides is 1. The second kappa shape index (κ2) is 5.75. The van der Waals surface area contributed by atoms with E-state index in [0.29, 0.717) is 21.1 Å². The molecule has 0 spiro atoms. The first-order valence-corrected chi connectivity index (χ1v) is 7.17. The van der Waals surface area contributed by atoms with E-state index >= 15 is 0 Å². The second-order valence-electron chi connectivity index (χ2n) is 4.14. The lowest BCUT2D eigenvalue weighted by molar-refractivity contribution is 0.0995. The molecule has 0 atom stereocenters. The van der Waals surface area contributed by atoms with Crippen LogP contribution in [0.5, 0.6) is 0 Å². The molecule has 0 fully saturated rings. The van der Waals surface area contributed by atoms with E-state index in [4.69, 9.17) is 16.0 Å². The molecule has 2 heterocycles. The lowest BCUT2D eigenvalue weighted by atomic mass is 10.2. The summed E-state index contributed by atoms with van der Waals surface area (Å²) < 4.78 is 7.31. The van der Waals surface area contributed by atoms with Crippen molar-refractivity contribution < 1.29 is 9.21 Å². The number of benzene rings is 1. The maximum atomic E-state index is 12.2. The number of carbonyl (C=O) groups is 1. The van der Waals surface area contributed by atoms with Crippen LogP contribution in [0.15, 0.2) is 57.9 Å². The Hall–Kier alpha value is -2.05. The fraction of sp³-hybridized carbons (Fsp3) is 0. The number of hydrogen-bond acceptors (Lipinski definition) is 3. The molecule has 0 aliphatic heterocycles. The third-order valence-electron chi connectivity index (χ3n) is 2.77. The Labute approximate surface area is 133 Å². The van der Waals surface area contributed by atoms with E-state index in [0.717, 1.165) is 0 Å². The third kappa shape index (κ3) is 2.86. The van der Waals surface area contributed by atoms with Crippen molar-refractivity contribution in [2.75, 3.05) is 5.32 Å². The number of carbonyl (C=O) groups excluding carboxylic acids is 1. The summed E-state index contributed by atoms with van der Waals surface area (Å²) in [6.45, 7) is 0. The molecule has 1 aromatic carbocycles. The van der Waals surface area contributed by atoms with Crippen molar-refractivity contribution in [3.63, 3.8) is 0 Å². The summed E-state index contributed by atoms with van der Waals surface area (Å²) in [5.41, 5.74) is 1.15. The second-order valence-corrected chi connectivity index (χ2v) is 5.33. The SMILES string of the molecule is O=C(Nc1cccc(Cl)c1-n1cccn1)c1ccc(Br)o1. The van der Waals surface area contributed by atoms with Crippen LogP contribution in [0.4, 0.5) is 5.69 Å². The molecule has 106 valence electrons. The Morgan fingerprint density at radius 3 is 2.81 bits per heavy atom. The summed E-state index contributed by atoms with van der Waals surface area (Å²) in [6, 6.07) is 10.2. The molecule has 0 aliphatic carbocycles. The summed E-state index contributed by atoms with van der Waals surface area (Å²) in [6.07, 6.45) is 3.39. The van der Waals surface area contributed by atoms with Gasteiger partial charge in [-0.15, -0.1) is 0 Å². The lowest BCUT2D eigenvalue weighted by Gasteiger charge is -2.12. The number of nitrogens with zero attached hydrogens (tertiary/aromatic N) is 2. The summed E-state index contributed by atoms with van der Waals surface area (Å²) in [5, 5.41) is 7.40. The van der Waals surface area contributed by atoms with Gasteiger partial charge in [-0.1, -0.05) is 17.7 Å². The van der Waals surface area contributed by atoms with E-state index in [-0.39, 0.29) is 11.7 Å². The van der Waals surface area contributed by atoms with Crippen LogP contribution in [0.2, 0.25) is 5.02 Å². The van der Waals surface area contributed by atoms with Crippen molar-refractivity contribution in [2.45, 2.75) is 0 Å². The van der Waals surface area contributed by atoms with Gasteiger partial charge in [-0.3, -0.25) is 4.79 Å². The molecule has 3 aromatic rings. The maximum Gasteiger partial charge on any atom is 0.291 e. The van der Waals surface area contributed by atoms with Gasteiger partial charge in [-0.05, 0) is 46.3 Å². The monoisotopic (exact) mass is 365 g/mol. The van der Waals surface area contributed by atoms with Crippen molar-refractivity contribution in [3.05, 3.63) is 64.2 Å². The smallest absolute Gasteiger partial charge is 0.291 e. The maximum absolute atomic E-state index is 12.2. The molecule has 0 radical (unpaired) electrons. The molecule has 21 heavy (non-hydrogen) atoms. The molecule has 0 saturated carbocycles. The molecule has 2 aromatic heterocycles. The highest BCUT2D eigenvalue weighted by Crippen LogP contribution is 2.28. The van der Waals surface area contributed by atoms with Crippen LogP contribution in [-0.2, 0) is 0 Å². The average Bonchev–Trinajstić information content (AvgIpc) is 3.10. The molecule has 3 rings (SSSR count). The molecule has 0 saturated heterocycles. The van der Waals surface area contributed by atoms with Crippen molar-refractivity contribution >= 4 is 39.1 Å². The van der Waals surface area contributed by atoms with Gasteiger partial charge in [0.15, 0.2) is 10.4 Å². The number of aromatic nitrogens is 2. The number of hydrogen-bond donors (Lipinski definition) is 1. The van der Waals surface area contributed by atoms with Gasteiger partial charge >= 0.3 is 0 Å². The zero-order chi connectivity index (χ0) is 14.8. The van der Waals surface area contributed by atoms with Crippen LogP contribution in [0.1, 0.15) is 10.6 Å². The topological polar surface area (TPSA) is 60.1 Å². The molecule has 5 nitrogen and oxygen atoms in total. The highest BCUT2D eigenvalue weighted by Gasteiger charge is 2.15. The number of anilines is 1. The van der Waals surface area contributed by atoms with Crippen LogP contribution < -0.4 is 5.32 Å². The molecular formula is C14H9BrClN3O2. The van der Waals surface area contributed by atoms with Crippen molar-refractivity contribution in [1.82, 2.24) is 9.78 Å². The molecule has 0 unspecified atom stereocenters. The van der Waals surface area contributed by atoms with E-state index in [2.05, 4.69) is 26.3 Å². The minimum Gasteiger partial charge on any atom is -0.444 e. The summed E-state index contributed by atoms with van der Waals surface area (Å²) >= 11 is 9.37. The largest absolute Gasteiger partial charge is 0.444 e. The predicted octanol–water partition coefficient (Wildman–Crippen LogP) is 4.13. The van der Waals surface area contributed by atoms with E-state index in [1.807, 2.05) is 0 Å². The number of para-hydroxylation sites is 1. The number of rotatable bonds is 3. The van der Waals surface area contributed by atoms with Gasteiger partial charge in [-0.2, -0.15) is 5.10 Å². The van der Waals surface area contributed by atoms with E-state index < -0.39 is 0 Å². The molecule has 7 heteroatoms. The van der Waals surface area contributed by atoms with Crippen LogP contribution in [0.25, 0.3) is 5.69 Å². The number of furan rings is 1. The summed E-state index contributed by atoms with van der Waals surface area (Å²) in [4.78, 5) is 12.2. The van der Waals surface area contributed by atoms with Crippen LogP contribution in [0.3, 0.4) is 0 Å². The van der Waals surface area contributed by atoms with E-state index in [1.54, 1.807) is 53.5 Å². The van der Waals surface area contributed by atoms with Gasteiger partial charge in [0.1, 0.15) is 5.69 Å². The average molecular weight is 367 g/mol. The van der Waals surface area contributed by atoms with Gasteiger partial charge < -0.3 is 9.73 Å². The molecule has 1 amide bonds. The Bertz CT molecular complexity index is 783. The van der Waals surface area contributed by atoms with E-state index in [9.17, 15) is 4.79 Å². The summed E-state index contributed by atoms with van der Waals surface area (Å²) in [7, 11) is 0. The summed E-state index contributed by atoms with van der Waals surface area (Å²) in [5.74, 6) is -0.162. The fourth-order valence-electron chi connectivity index (χ4n) is 1.87. The quantitative estimate of drug-likeness (QED) is 0.758. The lowest BCUT2D eigenvalue weighted by Crippen LogP contribution is -2.13. The highest BCUT2D eigenvalue weighted by molar-refractivity contribution is 9.10. The Balaban J connectivity index is 1.96. The zero-order valence-electron chi connectivity index (χ0n) is 10.6. The molecular weight excluding hydrogens is 358 g/mol. The first kappa shape index (κ1) is 13.9. The van der Waals surface area contributed by atoms with Crippen LogP contribution in [-0.4, -0.2) is 15.7 Å². The Kier molecular flexibility index (Phi) is 3.81. The Morgan fingerprint density at radius 2 is 2.14 bits per heavy atom. The van der Waals surface area contributed by atoms with Gasteiger partial charge in [0.05, 0.1) is 10.7 Å². The standard InChI is InChI=1S/C14H9BrClN3O2/c15-12-6-5-11(21-12)14(20)18-10-4-1-3-9(16)13(10)19-8-2-7-17-19/h1-8H,(H,18,20). The molecule has 0 aliphatic rings. The number of halogens is 2. The highest BCUT2D eigenvalue weighted by atomic mass is 79.9. The van der Waals surface area contributed by atoms with E-state index in [1.165, 1.54) is 0 Å². The first-order chi connectivity index (χ1) is 10.1. The predicted molar refractivity (Wildman–Crippen MR) is 82.9 cm³/mol. The first-order valence-electron chi connectivity index (χ1n) is 6.00. The fourth-order valence-corrected chi connectivity index (χ4v) is 2.44. The van der Waals surface area contributed by atoms with Gasteiger partial charge in [0.25, 0.3) is 5.91 Å². The van der Waals surface area contributed by atoms with Crippen molar-refractivity contribution in [1.29, 1.82) is 0 Å². The van der Waals surface area contributed by atoms with Crippen molar-refractivity contribution in [3.8, 4) is 5.69 Å². The Morgan fingerprint density at radius 1 is 1.29 bits per heavy atom. The molecule has 1 N–H and O–H groups in total. The minimum atomic E-state index is -0.364. The van der Waals surface area contributed by atoms with Crippen LogP contribution in [0, 0.1) is 0 Å². The minimum absolute atomic E-state index is 0.202. The van der Waals surface area contributed by atoms with Gasteiger partial charge in [0.2, 0.25) is 0 Å². The normalized spacial score (nSPS) is 10.6. The molecule has 0 bridgehead atoms.